The minimum absolute atomic E-state index is 0.0602. The first-order valence-electron chi connectivity index (χ1n) is 5.76. The topological polar surface area (TPSA) is 64.3 Å². The van der Waals surface area contributed by atoms with Crippen molar-refractivity contribution >= 4 is 31.3 Å². The van der Waals surface area contributed by atoms with E-state index in [2.05, 4.69) is 26.0 Å². The van der Waals surface area contributed by atoms with Gasteiger partial charge in [-0.05, 0) is 24.3 Å². The Labute approximate surface area is 124 Å². The number of fused-ring (bicyclic) bond motifs is 1. The van der Waals surface area contributed by atoms with E-state index in [9.17, 15) is 8.42 Å². The van der Waals surface area contributed by atoms with Crippen LogP contribution in [0.2, 0.25) is 0 Å². The van der Waals surface area contributed by atoms with E-state index in [0.717, 1.165) is 16.3 Å². The van der Waals surface area contributed by atoms with Crippen molar-refractivity contribution in [2.75, 3.05) is 6.26 Å². The molecule has 1 aromatic carbocycles. The summed E-state index contributed by atoms with van der Waals surface area (Å²) in [4.78, 5) is 4.25. The third-order valence-electron chi connectivity index (χ3n) is 2.81. The highest BCUT2D eigenvalue weighted by atomic mass is 79.9. The summed E-state index contributed by atoms with van der Waals surface area (Å²) in [6.07, 6.45) is 2.68. The second-order valence-electron chi connectivity index (χ2n) is 4.37. The molecule has 0 radical (unpaired) electrons. The van der Waals surface area contributed by atoms with E-state index in [1.165, 1.54) is 4.52 Å². The van der Waals surface area contributed by atoms with Crippen LogP contribution >= 0.6 is 15.9 Å². The predicted octanol–water partition coefficient (Wildman–Crippen LogP) is 2.56. The number of hydrogen-bond donors (Lipinski definition) is 0. The zero-order valence-electron chi connectivity index (χ0n) is 10.5. The van der Waals surface area contributed by atoms with Crippen molar-refractivity contribution < 1.29 is 8.42 Å². The minimum Gasteiger partial charge on any atom is -0.221 e. The van der Waals surface area contributed by atoms with Gasteiger partial charge in [0, 0.05) is 16.3 Å². The van der Waals surface area contributed by atoms with Crippen molar-refractivity contribution in [3.8, 4) is 11.3 Å². The fourth-order valence-electron chi connectivity index (χ4n) is 1.94. The smallest absolute Gasteiger partial charge is 0.221 e. The summed E-state index contributed by atoms with van der Waals surface area (Å²) in [7, 11) is -3.46. The van der Waals surface area contributed by atoms with Crippen LogP contribution < -0.4 is 0 Å². The molecule has 0 atom stereocenters. The molecule has 0 aliphatic heterocycles. The average molecular weight is 352 g/mol. The molecule has 102 valence electrons. The Morgan fingerprint density at radius 3 is 2.70 bits per heavy atom. The van der Waals surface area contributed by atoms with Gasteiger partial charge < -0.3 is 0 Å². The van der Waals surface area contributed by atoms with Gasteiger partial charge in [0.1, 0.15) is 0 Å². The number of benzene rings is 1. The number of sulfone groups is 1. The fraction of sp³-hybridized carbons (Fsp3) is 0.0769. The van der Waals surface area contributed by atoms with Gasteiger partial charge in [0.05, 0.1) is 17.4 Å². The molecule has 3 rings (SSSR count). The van der Waals surface area contributed by atoms with Crippen LogP contribution in [0.1, 0.15) is 0 Å². The molecule has 0 amide bonds. The molecular weight excluding hydrogens is 342 g/mol. The van der Waals surface area contributed by atoms with Crippen LogP contribution in [0.25, 0.3) is 16.8 Å². The van der Waals surface area contributed by atoms with Crippen LogP contribution in [-0.4, -0.2) is 29.3 Å². The standard InChI is InChI=1S/C13H10BrN3O2S/c1-20(18,19)13-16-12(8-11-5-6-15-17(11)13)9-3-2-4-10(14)7-9/h2-8H,1H3. The summed E-state index contributed by atoms with van der Waals surface area (Å²) in [5.41, 5.74) is 2.13. The normalized spacial score (nSPS) is 11.9. The predicted molar refractivity (Wildman–Crippen MR) is 79.2 cm³/mol. The fourth-order valence-corrected chi connectivity index (χ4v) is 3.07. The number of hydrogen-bond acceptors (Lipinski definition) is 4. The zero-order valence-corrected chi connectivity index (χ0v) is 12.9. The minimum atomic E-state index is -3.46. The summed E-state index contributed by atoms with van der Waals surface area (Å²) < 4.78 is 26.0. The van der Waals surface area contributed by atoms with Crippen LogP contribution in [0.15, 0.2) is 52.2 Å². The van der Waals surface area contributed by atoms with E-state index in [1.54, 1.807) is 12.3 Å². The third-order valence-corrected chi connectivity index (χ3v) is 4.23. The SMILES string of the molecule is CS(=O)(=O)c1nc(-c2cccc(Br)c2)cc2ccnn12. The molecule has 0 bridgehead atoms. The Morgan fingerprint density at radius 1 is 1.20 bits per heavy atom. The molecule has 5 nitrogen and oxygen atoms in total. The lowest BCUT2D eigenvalue weighted by atomic mass is 10.1. The van der Waals surface area contributed by atoms with E-state index in [1.807, 2.05) is 30.3 Å². The van der Waals surface area contributed by atoms with Crippen molar-refractivity contribution in [3.05, 3.63) is 47.1 Å². The first kappa shape index (κ1) is 13.3. The van der Waals surface area contributed by atoms with E-state index in [4.69, 9.17) is 0 Å². The molecule has 0 aliphatic carbocycles. The van der Waals surface area contributed by atoms with Crippen molar-refractivity contribution in [1.82, 2.24) is 14.6 Å². The molecular formula is C13H10BrN3O2S. The van der Waals surface area contributed by atoms with Crippen molar-refractivity contribution in [1.29, 1.82) is 0 Å². The summed E-state index contributed by atoms with van der Waals surface area (Å²) in [5.74, 6) is 0. The van der Waals surface area contributed by atoms with Gasteiger partial charge in [0.15, 0.2) is 0 Å². The number of halogens is 1. The maximum Gasteiger partial charge on any atom is 0.249 e. The van der Waals surface area contributed by atoms with Crippen LogP contribution in [0, 0.1) is 0 Å². The van der Waals surface area contributed by atoms with E-state index in [-0.39, 0.29) is 5.16 Å². The second kappa shape index (κ2) is 4.68. The Hall–Kier alpha value is -1.73. The van der Waals surface area contributed by atoms with Gasteiger partial charge in [-0.1, -0.05) is 28.1 Å². The first-order valence-corrected chi connectivity index (χ1v) is 8.44. The summed E-state index contributed by atoms with van der Waals surface area (Å²) in [5, 5.41) is 3.94. The van der Waals surface area contributed by atoms with Gasteiger partial charge in [0.2, 0.25) is 15.0 Å². The summed E-state index contributed by atoms with van der Waals surface area (Å²) in [6.45, 7) is 0. The maximum absolute atomic E-state index is 11.9. The molecule has 0 fully saturated rings. The number of aromatic nitrogens is 3. The van der Waals surface area contributed by atoms with E-state index in [0.29, 0.717) is 11.2 Å². The molecule has 0 aliphatic rings. The van der Waals surface area contributed by atoms with Crippen LogP contribution in [0.5, 0.6) is 0 Å². The Balaban J connectivity index is 2.33. The molecule has 0 saturated heterocycles. The highest BCUT2D eigenvalue weighted by Gasteiger charge is 2.17. The molecule has 20 heavy (non-hydrogen) atoms. The lowest BCUT2D eigenvalue weighted by molar-refractivity contribution is 0.586. The average Bonchev–Trinajstić information content (AvgIpc) is 2.84. The maximum atomic E-state index is 11.9. The number of rotatable bonds is 2. The molecule has 7 heteroatoms. The van der Waals surface area contributed by atoms with E-state index < -0.39 is 9.84 Å². The largest absolute Gasteiger partial charge is 0.249 e. The van der Waals surface area contributed by atoms with Crippen molar-refractivity contribution in [3.63, 3.8) is 0 Å². The lowest BCUT2D eigenvalue weighted by Gasteiger charge is -2.06. The highest BCUT2D eigenvalue weighted by Crippen LogP contribution is 2.24. The van der Waals surface area contributed by atoms with Crippen molar-refractivity contribution in [2.45, 2.75) is 5.16 Å². The summed E-state index contributed by atoms with van der Waals surface area (Å²) >= 11 is 3.40. The van der Waals surface area contributed by atoms with Crippen LogP contribution in [-0.2, 0) is 9.84 Å². The Kier molecular flexibility index (Phi) is 3.10. The van der Waals surface area contributed by atoms with Crippen molar-refractivity contribution in [2.24, 2.45) is 0 Å². The van der Waals surface area contributed by atoms with Gasteiger partial charge in [-0.3, -0.25) is 0 Å². The van der Waals surface area contributed by atoms with Gasteiger partial charge in [-0.15, -0.1) is 0 Å². The molecule has 0 saturated carbocycles. The highest BCUT2D eigenvalue weighted by molar-refractivity contribution is 9.10. The van der Waals surface area contributed by atoms with Crippen LogP contribution in [0.3, 0.4) is 0 Å². The van der Waals surface area contributed by atoms with Crippen LogP contribution in [0.4, 0.5) is 0 Å². The third kappa shape index (κ3) is 2.34. The molecule has 0 spiro atoms. The van der Waals surface area contributed by atoms with Gasteiger partial charge in [0.25, 0.3) is 0 Å². The Bertz CT molecular complexity index is 903. The summed E-state index contributed by atoms with van der Waals surface area (Å²) in [6, 6.07) is 11.1. The second-order valence-corrected chi connectivity index (χ2v) is 7.20. The molecule has 2 aromatic heterocycles. The Morgan fingerprint density at radius 2 is 2.00 bits per heavy atom. The molecule has 0 N–H and O–H groups in total. The number of nitrogens with zero attached hydrogens (tertiary/aromatic N) is 3. The van der Waals surface area contributed by atoms with Gasteiger partial charge in [-0.2, -0.15) is 5.10 Å². The monoisotopic (exact) mass is 351 g/mol. The van der Waals surface area contributed by atoms with Gasteiger partial charge >= 0.3 is 0 Å². The molecule has 0 unspecified atom stereocenters. The molecule has 2 heterocycles. The van der Waals surface area contributed by atoms with Gasteiger partial charge in [-0.25, -0.2) is 17.9 Å². The lowest BCUT2D eigenvalue weighted by Crippen LogP contribution is -2.09. The molecule has 3 aromatic rings. The first-order chi connectivity index (χ1) is 9.45. The zero-order chi connectivity index (χ0) is 14.3. The quantitative estimate of drug-likeness (QED) is 0.665. The van der Waals surface area contributed by atoms with E-state index >= 15 is 0 Å².